The number of amides is 2. The van der Waals surface area contributed by atoms with Crippen molar-refractivity contribution in [2.45, 2.75) is 25.4 Å². The minimum Gasteiger partial charge on any atom is -0.349 e. The Morgan fingerprint density at radius 2 is 1.81 bits per heavy atom. The van der Waals surface area contributed by atoms with Crippen LogP contribution in [0.4, 0.5) is 5.69 Å². The summed E-state index contributed by atoms with van der Waals surface area (Å²) >= 11 is 12.0. The van der Waals surface area contributed by atoms with E-state index in [1.54, 1.807) is 18.2 Å². The number of anilines is 1. The van der Waals surface area contributed by atoms with E-state index in [9.17, 15) is 9.59 Å². The maximum Gasteiger partial charge on any atom is 0.251 e. The first-order valence-electron chi connectivity index (χ1n) is 8.74. The molecule has 0 aliphatic heterocycles. The van der Waals surface area contributed by atoms with Gasteiger partial charge in [0.1, 0.15) is 0 Å². The van der Waals surface area contributed by atoms with Gasteiger partial charge in [0.15, 0.2) is 0 Å². The lowest BCUT2D eigenvalue weighted by Crippen LogP contribution is -2.30. The molecule has 0 unspecified atom stereocenters. The molecule has 1 aliphatic carbocycles. The molecule has 2 N–H and O–H groups in total. The van der Waals surface area contributed by atoms with Gasteiger partial charge in [-0.15, -0.1) is 0 Å². The minimum atomic E-state index is -0.179. The summed E-state index contributed by atoms with van der Waals surface area (Å²) in [5.41, 5.74) is 2.17. The fourth-order valence-corrected chi connectivity index (χ4v) is 2.99. The number of carbonyl (C=O) groups excluding carboxylic acids is 2. The van der Waals surface area contributed by atoms with Crippen LogP contribution in [0.25, 0.3) is 0 Å². The van der Waals surface area contributed by atoms with Crippen molar-refractivity contribution in [3.8, 4) is 0 Å². The molecule has 2 aromatic rings. The molecule has 5 nitrogen and oxygen atoms in total. The van der Waals surface area contributed by atoms with E-state index in [2.05, 4.69) is 10.6 Å². The van der Waals surface area contributed by atoms with Crippen LogP contribution in [0.3, 0.4) is 0 Å². The van der Waals surface area contributed by atoms with E-state index >= 15 is 0 Å². The second-order valence-corrected chi connectivity index (χ2v) is 7.63. The molecule has 1 aliphatic rings. The summed E-state index contributed by atoms with van der Waals surface area (Å²) in [6.45, 7) is 0.786. The smallest absolute Gasteiger partial charge is 0.251 e. The van der Waals surface area contributed by atoms with Crippen LogP contribution in [0.5, 0.6) is 0 Å². The molecule has 0 bridgehead atoms. The Hall–Kier alpha value is -2.08. The fourth-order valence-electron chi connectivity index (χ4n) is 2.65. The first-order valence-corrected chi connectivity index (χ1v) is 9.49. The molecule has 3 rings (SSSR count). The number of hydrogen-bond acceptors (Lipinski definition) is 3. The van der Waals surface area contributed by atoms with Gasteiger partial charge >= 0.3 is 0 Å². The Balaban J connectivity index is 1.50. The molecular formula is C20H21Cl2N3O2. The predicted molar refractivity (Wildman–Crippen MR) is 108 cm³/mol. The lowest BCUT2D eigenvalue weighted by atomic mass is 10.1. The van der Waals surface area contributed by atoms with E-state index in [4.69, 9.17) is 23.2 Å². The van der Waals surface area contributed by atoms with Gasteiger partial charge in [-0.1, -0.05) is 35.3 Å². The van der Waals surface area contributed by atoms with Crippen LogP contribution in [0, 0.1) is 0 Å². The molecule has 2 aromatic carbocycles. The molecule has 2 amide bonds. The van der Waals surface area contributed by atoms with Crippen LogP contribution in [0.15, 0.2) is 42.5 Å². The SMILES string of the molecule is CN(CC(=O)Nc1cc(Cl)ccc1Cl)Cc1ccc(C(=O)NC2CC2)cc1. The van der Waals surface area contributed by atoms with Crippen LogP contribution in [0.2, 0.25) is 10.0 Å². The number of rotatable bonds is 7. The Morgan fingerprint density at radius 3 is 2.48 bits per heavy atom. The summed E-state index contributed by atoms with van der Waals surface area (Å²) in [4.78, 5) is 26.1. The van der Waals surface area contributed by atoms with Crippen LogP contribution < -0.4 is 10.6 Å². The third kappa shape index (κ3) is 5.96. The van der Waals surface area contributed by atoms with Gasteiger partial charge in [-0.05, 0) is 55.8 Å². The Kier molecular flexibility index (Phi) is 6.37. The third-order valence-corrected chi connectivity index (χ3v) is 4.76. The highest BCUT2D eigenvalue weighted by Crippen LogP contribution is 2.25. The van der Waals surface area contributed by atoms with E-state index in [1.165, 1.54) is 0 Å². The van der Waals surface area contributed by atoms with Gasteiger partial charge in [0, 0.05) is 23.2 Å². The number of halogens is 2. The predicted octanol–water partition coefficient (Wildman–Crippen LogP) is 3.96. The maximum atomic E-state index is 12.2. The fraction of sp³-hybridized carbons (Fsp3) is 0.300. The van der Waals surface area contributed by atoms with Crippen molar-refractivity contribution < 1.29 is 9.59 Å². The van der Waals surface area contributed by atoms with Crippen LogP contribution in [-0.4, -0.2) is 36.3 Å². The van der Waals surface area contributed by atoms with Gasteiger partial charge in [0.05, 0.1) is 17.3 Å². The Labute approximate surface area is 168 Å². The zero-order valence-electron chi connectivity index (χ0n) is 15.0. The van der Waals surface area contributed by atoms with Crippen molar-refractivity contribution >= 4 is 40.7 Å². The van der Waals surface area contributed by atoms with Crippen molar-refractivity contribution in [2.75, 3.05) is 18.9 Å². The van der Waals surface area contributed by atoms with Gasteiger partial charge < -0.3 is 10.6 Å². The van der Waals surface area contributed by atoms with Crippen molar-refractivity contribution in [1.29, 1.82) is 0 Å². The van der Waals surface area contributed by atoms with Gasteiger partial charge in [0.25, 0.3) is 5.91 Å². The van der Waals surface area contributed by atoms with Gasteiger partial charge in [0.2, 0.25) is 5.91 Å². The molecule has 0 aromatic heterocycles. The summed E-state index contributed by atoms with van der Waals surface area (Å²) in [5, 5.41) is 6.68. The molecule has 7 heteroatoms. The number of hydrogen-bond donors (Lipinski definition) is 2. The molecule has 1 saturated carbocycles. The van der Waals surface area contributed by atoms with Gasteiger partial charge in [-0.2, -0.15) is 0 Å². The number of nitrogens with one attached hydrogen (secondary N) is 2. The molecule has 1 fully saturated rings. The van der Waals surface area contributed by atoms with Crippen LogP contribution >= 0.6 is 23.2 Å². The average Bonchev–Trinajstić information content (AvgIpc) is 3.42. The number of carbonyl (C=O) groups is 2. The Morgan fingerprint density at radius 1 is 1.11 bits per heavy atom. The molecule has 0 saturated heterocycles. The van der Waals surface area contributed by atoms with Crippen molar-refractivity contribution in [2.24, 2.45) is 0 Å². The van der Waals surface area contributed by atoms with Crippen molar-refractivity contribution in [3.05, 3.63) is 63.6 Å². The molecule has 142 valence electrons. The highest BCUT2D eigenvalue weighted by atomic mass is 35.5. The molecular weight excluding hydrogens is 385 g/mol. The highest BCUT2D eigenvalue weighted by molar-refractivity contribution is 6.35. The molecule has 0 radical (unpaired) electrons. The first-order chi connectivity index (χ1) is 12.9. The van der Waals surface area contributed by atoms with E-state index < -0.39 is 0 Å². The van der Waals surface area contributed by atoms with Crippen LogP contribution in [0.1, 0.15) is 28.8 Å². The molecule has 0 atom stereocenters. The normalized spacial score (nSPS) is 13.5. The van der Waals surface area contributed by atoms with E-state index in [1.807, 2.05) is 36.2 Å². The quantitative estimate of drug-likeness (QED) is 0.732. The third-order valence-electron chi connectivity index (χ3n) is 4.20. The second-order valence-electron chi connectivity index (χ2n) is 6.79. The van der Waals surface area contributed by atoms with E-state index in [0.717, 1.165) is 18.4 Å². The zero-order valence-corrected chi connectivity index (χ0v) is 16.5. The number of benzene rings is 2. The van der Waals surface area contributed by atoms with Crippen LogP contribution in [-0.2, 0) is 11.3 Å². The minimum absolute atomic E-state index is 0.0322. The maximum absolute atomic E-state index is 12.2. The summed E-state index contributed by atoms with van der Waals surface area (Å²) in [7, 11) is 1.85. The monoisotopic (exact) mass is 405 g/mol. The summed E-state index contributed by atoms with van der Waals surface area (Å²) in [6, 6.07) is 12.7. The molecule has 0 spiro atoms. The standard InChI is InChI=1S/C20H21Cl2N3O2/c1-25(12-19(26)24-18-10-15(21)6-9-17(18)22)11-13-2-4-14(5-3-13)20(27)23-16-7-8-16/h2-6,9-10,16H,7-8,11-12H2,1H3,(H,23,27)(H,24,26). The summed E-state index contributed by atoms with van der Waals surface area (Å²) < 4.78 is 0. The van der Waals surface area contributed by atoms with Gasteiger partial charge in [-0.25, -0.2) is 0 Å². The summed E-state index contributed by atoms with van der Waals surface area (Å²) in [5.74, 6) is -0.211. The Bertz CT molecular complexity index is 836. The second kappa shape index (κ2) is 8.74. The van der Waals surface area contributed by atoms with E-state index in [0.29, 0.717) is 33.9 Å². The van der Waals surface area contributed by atoms with E-state index in [-0.39, 0.29) is 18.4 Å². The van der Waals surface area contributed by atoms with Gasteiger partial charge in [-0.3, -0.25) is 14.5 Å². The first kappa shape index (κ1) is 19.7. The lowest BCUT2D eigenvalue weighted by Gasteiger charge is -2.17. The lowest BCUT2D eigenvalue weighted by molar-refractivity contribution is -0.117. The number of likely N-dealkylation sites (N-methyl/N-ethyl adjacent to an activating group) is 1. The topological polar surface area (TPSA) is 61.4 Å². The van der Waals surface area contributed by atoms with Crippen molar-refractivity contribution in [3.63, 3.8) is 0 Å². The largest absolute Gasteiger partial charge is 0.349 e. The van der Waals surface area contributed by atoms with Crippen molar-refractivity contribution in [1.82, 2.24) is 10.2 Å². The summed E-state index contributed by atoms with van der Waals surface area (Å²) in [6.07, 6.45) is 2.13. The highest BCUT2D eigenvalue weighted by Gasteiger charge is 2.23. The average molecular weight is 406 g/mol. The molecule has 27 heavy (non-hydrogen) atoms. The number of nitrogens with zero attached hydrogens (tertiary/aromatic N) is 1. The molecule has 0 heterocycles. The zero-order chi connectivity index (χ0) is 19.4.